The lowest BCUT2D eigenvalue weighted by Gasteiger charge is -2.34. The van der Waals surface area contributed by atoms with Crippen molar-refractivity contribution >= 4 is 29.2 Å². The number of carbonyl (C=O) groups excluding carboxylic acids is 1. The molecule has 0 bridgehead atoms. The van der Waals surface area contributed by atoms with Crippen molar-refractivity contribution in [3.05, 3.63) is 36.0 Å². The van der Waals surface area contributed by atoms with Crippen LogP contribution in [0.2, 0.25) is 0 Å². The van der Waals surface area contributed by atoms with E-state index in [2.05, 4.69) is 25.1 Å². The van der Waals surface area contributed by atoms with E-state index in [1.54, 1.807) is 4.90 Å². The lowest BCUT2D eigenvalue weighted by molar-refractivity contribution is 0.105. The third-order valence-corrected chi connectivity index (χ3v) is 4.61. The van der Waals surface area contributed by atoms with Gasteiger partial charge in [-0.3, -0.25) is 0 Å². The molecule has 1 fully saturated rings. The Kier molecular flexibility index (Phi) is 6.18. The van der Waals surface area contributed by atoms with Crippen molar-refractivity contribution in [1.82, 2.24) is 14.9 Å². The SMILES string of the molecule is CCOC(=O)N1CCN(c2cc(C)nc(Nc3ccc(N(C)C)cc3)n2)CC1. The quantitative estimate of drug-likeness (QED) is 0.850. The number of hydrogen-bond donors (Lipinski definition) is 1. The predicted octanol–water partition coefficient (Wildman–Crippen LogP) is 2.87. The molecule has 3 rings (SSSR count). The topological polar surface area (TPSA) is 73.8 Å². The van der Waals surface area contributed by atoms with Gasteiger partial charge in [-0.05, 0) is 38.1 Å². The highest BCUT2D eigenvalue weighted by Crippen LogP contribution is 2.21. The summed E-state index contributed by atoms with van der Waals surface area (Å²) in [6, 6.07) is 10.1. The Labute approximate surface area is 166 Å². The van der Waals surface area contributed by atoms with E-state index in [0.29, 0.717) is 38.7 Å². The fraction of sp³-hybridized carbons (Fsp3) is 0.450. The van der Waals surface area contributed by atoms with Crippen molar-refractivity contribution in [2.75, 3.05) is 62.0 Å². The van der Waals surface area contributed by atoms with Crippen LogP contribution in [-0.2, 0) is 4.74 Å². The van der Waals surface area contributed by atoms with Crippen LogP contribution in [0.15, 0.2) is 30.3 Å². The first kappa shape index (κ1) is 19.7. The monoisotopic (exact) mass is 384 g/mol. The van der Waals surface area contributed by atoms with Crippen molar-refractivity contribution in [3.8, 4) is 0 Å². The number of rotatable bonds is 5. The van der Waals surface area contributed by atoms with Crippen molar-refractivity contribution in [2.45, 2.75) is 13.8 Å². The van der Waals surface area contributed by atoms with Crippen LogP contribution >= 0.6 is 0 Å². The van der Waals surface area contributed by atoms with Gasteiger partial charge >= 0.3 is 6.09 Å². The molecule has 0 atom stereocenters. The van der Waals surface area contributed by atoms with E-state index in [1.807, 2.05) is 58.3 Å². The first-order valence-electron chi connectivity index (χ1n) is 9.53. The van der Waals surface area contributed by atoms with Crippen LogP contribution in [0.25, 0.3) is 0 Å². The van der Waals surface area contributed by atoms with Gasteiger partial charge < -0.3 is 24.8 Å². The number of carbonyl (C=O) groups is 1. The molecule has 150 valence electrons. The molecule has 0 aliphatic carbocycles. The second kappa shape index (κ2) is 8.77. The van der Waals surface area contributed by atoms with Crippen LogP contribution < -0.4 is 15.1 Å². The maximum absolute atomic E-state index is 11.9. The molecule has 1 amide bonds. The Hall–Kier alpha value is -3.03. The summed E-state index contributed by atoms with van der Waals surface area (Å²) in [5.41, 5.74) is 2.97. The minimum atomic E-state index is -0.246. The van der Waals surface area contributed by atoms with E-state index in [4.69, 9.17) is 4.74 Å². The van der Waals surface area contributed by atoms with Crippen LogP contribution in [0.1, 0.15) is 12.6 Å². The molecule has 8 nitrogen and oxygen atoms in total. The van der Waals surface area contributed by atoms with Crippen LogP contribution in [-0.4, -0.2) is 67.8 Å². The van der Waals surface area contributed by atoms with Crippen LogP contribution in [0.3, 0.4) is 0 Å². The summed E-state index contributed by atoms with van der Waals surface area (Å²) in [5.74, 6) is 1.43. The summed E-state index contributed by atoms with van der Waals surface area (Å²) in [7, 11) is 4.03. The van der Waals surface area contributed by atoms with Gasteiger partial charge in [0, 0.05) is 63.4 Å². The Morgan fingerprint density at radius 1 is 1.14 bits per heavy atom. The molecule has 1 aromatic carbocycles. The molecule has 0 spiro atoms. The average molecular weight is 384 g/mol. The first-order valence-corrected chi connectivity index (χ1v) is 9.53. The summed E-state index contributed by atoms with van der Waals surface area (Å²) < 4.78 is 5.08. The molecule has 1 saturated heterocycles. The van der Waals surface area contributed by atoms with E-state index in [-0.39, 0.29) is 6.09 Å². The zero-order valence-corrected chi connectivity index (χ0v) is 17.0. The molecule has 2 heterocycles. The fourth-order valence-electron chi connectivity index (χ4n) is 3.07. The average Bonchev–Trinajstić information content (AvgIpc) is 2.68. The largest absolute Gasteiger partial charge is 0.450 e. The van der Waals surface area contributed by atoms with Gasteiger partial charge in [0.1, 0.15) is 5.82 Å². The second-order valence-electron chi connectivity index (χ2n) is 6.93. The van der Waals surface area contributed by atoms with Gasteiger partial charge in [-0.1, -0.05) is 0 Å². The molecular formula is C20H28N6O2. The predicted molar refractivity (Wildman–Crippen MR) is 112 cm³/mol. The Bertz CT molecular complexity index is 801. The first-order chi connectivity index (χ1) is 13.5. The number of aromatic nitrogens is 2. The van der Waals surface area contributed by atoms with E-state index in [1.165, 1.54) is 0 Å². The van der Waals surface area contributed by atoms with Gasteiger partial charge in [-0.25, -0.2) is 9.78 Å². The Morgan fingerprint density at radius 3 is 2.43 bits per heavy atom. The zero-order chi connectivity index (χ0) is 20.1. The molecule has 1 aromatic heterocycles. The zero-order valence-electron chi connectivity index (χ0n) is 17.0. The summed E-state index contributed by atoms with van der Waals surface area (Å²) in [4.78, 5) is 27.0. The van der Waals surface area contributed by atoms with Crippen LogP contribution in [0, 0.1) is 6.92 Å². The standard InChI is InChI=1S/C20H28N6O2/c1-5-28-20(27)26-12-10-25(11-13-26)18-14-15(2)21-19(23-18)22-16-6-8-17(9-7-16)24(3)4/h6-9,14H,5,10-13H2,1-4H3,(H,21,22,23). The van der Waals surface area contributed by atoms with Crippen molar-refractivity contribution in [1.29, 1.82) is 0 Å². The summed E-state index contributed by atoms with van der Waals surface area (Å²) in [6.45, 7) is 6.85. The van der Waals surface area contributed by atoms with Crippen molar-refractivity contribution in [3.63, 3.8) is 0 Å². The van der Waals surface area contributed by atoms with Crippen molar-refractivity contribution < 1.29 is 9.53 Å². The van der Waals surface area contributed by atoms with Crippen LogP contribution in [0.5, 0.6) is 0 Å². The normalized spacial score (nSPS) is 14.0. The van der Waals surface area contributed by atoms with E-state index >= 15 is 0 Å². The third-order valence-electron chi connectivity index (χ3n) is 4.61. The number of amides is 1. The molecule has 2 aromatic rings. The summed E-state index contributed by atoms with van der Waals surface area (Å²) >= 11 is 0. The number of piperazine rings is 1. The number of ether oxygens (including phenoxy) is 1. The number of hydrogen-bond acceptors (Lipinski definition) is 7. The lowest BCUT2D eigenvalue weighted by atomic mass is 10.2. The molecule has 0 radical (unpaired) electrons. The third kappa shape index (κ3) is 4.82. The number of benzene rings is 1. The van der Waals surface area contributed by atoms with Gasteiger partial charge in [0.05, 0.1) is 6.61 Å². The maximum Gasteiger partial charge on any atom is 0.409 e. The van der Waals surface area contributed by atoms with Gasteiger partial charge in [0.2, 0.25) is 5.95 Å². The van der Waals surface area contributed by atoms with Gasteiger partial charge in [0.25, 0.3) is 0 Å². The molecule has 0 unspecified atom stereocenters. The van der Waals surface area contributed by atoms with Crippen molar-refractivity contribution in [2.24, 2.45) is 0 Å². The van der Waals surface area contributed by atoms with E-state index in [0.717, 1.165) is 22.9 Å². The van der Waals surface area contributed by atoms with Gasteiger partial charge in [-0.15, -0.1) is 0 Å². The fourth-order valence-corrected chi connectivity index (χ4v) is 3.07. The maximum atomic E-state index is 11.9. The molecule has 8 heteroatoms. The number of nitrogens with zero attached hydrogens (tertiary/aromatic N) is 5. The summed E-state index contributed by atoms with van der Waals surface area (Å²) in [5, 5.41) is 3.28. The molecular weight excluding hydrogens is 356 g/mol. The molecule has 28 heavy (non-hydrogen) atoms. The van der Waals surface area contributed by atoms with Gasteiger partial charge in [-0.2, -0.15) is 4.98 Å². The molecule has 1 N–H and O–H groups in total. The molecule has 1 aliphatic heterocycles. The Morgan fingerprint density at radius 2 is 1.82 bits per heavy atom. The van der Waals surface area contributed by atoms with E-state index in [9.17, 15) is 4.79 Å². The number of aryl methyl sites for hydroxylation is 1. The highest BCUT2D eigenvalue weighted by atomic mass is 16.6. The minimum absolute atomic E-state index is 0.246. The van der Waals surface area contributed by atoms with Crippen LogP contribution in [0.4, 0.5) is 27.9 Å². The minimum Gasteiger partial charge on any atom is -0.450 e. The molecule has 1 aliphatic rings. The highest BCUT2D eigenvalue weighted by Gasteiger charge is 2.23. The Balaban J connectivity index is 1.67. The van der Waals surface area contributed by atoms with Gasteiger partial charge in [0.15, 0.2) is 0 Å². The smallest absolute Gasteiger partial charge is 0.409 e. The molecule has 0 saturated carbocycles. The number of nitrogens with one attached hydrogen (secondary N) is 1. The number of anilines is 4. The van der Waals surface area contributed by atoms with E-state index < -0.39 is 0 Å². The summed E-state index contributed by atoms with van der Waals surface area (Å²) in [6.07, 6.45) is -0.246. The lowest BCUT2D eigenvalue weighted by Crippen LogP contribution is -2.49. The highest BCUT2D eigenvalue weighted by molar-refractivity contribution is 5.68. The second-order valence-corrected chi connectivity index (χ2v) is 6.93.